The van der Waals surface area contributed by atoms with Gasteiger partial charge in [-0.3, -0.25) is 9.48 Å². The first-order chi connectivity index (χ1) is 13.6. The Kier molecular flexibility index (Phi) is 7.52. The molecule has 5 heteroatoms. The fraction of sp³-hybridized carbons (Fsp3) is 0.565. The van der Waals surface area contributed by atoms with Crippen molar-refractivity contribution in [1.29, 1.82) is 0 Å². The van der Waals surface area contributed by atoms with Gasteiger partial charge in [0.15, 0.2) is 0 Å². The summed E-state index contributed by atoms with van der Waals surface area (Å²) in [7, 11) is 1.92. The van der Waals surface area contributed by atoms with Crippen molar-refractivity contribution in [2.24, 2.45) is 7.05 Å². The summed E-state index contributed by atoms with van der Waals surface area (Å²) >= 11 is 0. The molecule has 5 nitrogen and oxygen atoms in total. The molecular formula is C23H33N3O2. The van der Waals surface area contributed by atoms with Crippen LogP contribution in [0.2, 0.25) is 0 Å². The van der Waals surface area contributed by atoms with Gasteiger partial charge >= 0.3 is 0 Å². The molecule has 1 amide bonds. The molecule has 0 atom stereocenters. The van der Waals surface area contributed by atoms with E-state index in [0.717, 1.165) is 42.8 Å². The molecule has 1 aromatic heterocycles. The number of carbonyl (C=O) groups excluding carboxylic acids is 1. The highest BCUT2D eigenvalue weighted by atomic mass is 16.5. The minimum Gasteiger partial charge on any atom is -0.491 e. The molecule has 0 radical (unpaired) electrons. The second-order valence-electron chi connectivity index (χ2n) is 7.77. The molecule has 1 aromatic carbocycles. The van der Waals surface area contributed by atoms with Crippen LogP contribution in [-0.2, 0) is 24.7 Å². The molecule has 0 unspecified atom stereocenters. The molecule has 0 N–H and O–H groups in total. The smallest absolute Gasteiger partial charge is 0.223 e. The monoisotopic (exact) mass is 383 g/mol. The lowest BCUT2D eigenvalue weighted by molar-refractivity contribution is -0.131. The highest BCUT2D eigenvalue weighted by molar-refractivity contribution is 5.76. The number of carbonyl (C=O) groups is 1. The van der Waals surface area contributed by atoms with E-state index in [4.69, 9.17) is 4.74 Å². The van der Waals surface area contributed by atoms with E-state index in [1.54, 1.807) is 0 Å². The Balaban J connectivity index is 1.59. The van der Waals surface area contributed by atoms with E-state index in [1.807, 2.05) is 41.9 Å². The largest absolute Gasteiger partial charge is 0.491 e. The summed E-state index contributed by atoms with van der Waals surface area (Å²) < 4.78 is 7.88. The van der Waals surface area contributed by atoms with Gasteiger partial charge in [0.1, 0.15) is 12.4 Å². The second-order valence-corrected chi connectivity index (χ2v) is 7.77. The molecule has 0 saturated carbocycles. The number of hydrogen-bond acceptors (Lipinski definition) is 3. The molecule has 3 rings (SSSR count). The number of para-hydroxylation sites is 1. The molecule has 1 aliphatic heterocycles. The van der Waals surface area contributed by atoms with Crippen molar-refractivity contribution < 1.29 is 9.53 Å². The molecule has 0 fully saturated rings. The van der Waals surface area contributed by atoms with Gasteiger partial charge in [0.2, 0.25) is 5.91 Å². The molecular weight excluding hydrogens is 350 g/mol. The summed E-state index contributed by atoms with van der Waals surface area (Å²) in [5.41, 5.74) is 3.46. The van der Waals surface area contributed by atoms with Crippen molar-refractivity contribution in [1.82, 2.24) is 14.7 Å². The van der Waals surface area contributed by atoms with Gasteiger partial charge in [0.25, 0.3) is 0 Å². The Labute approximate surface area is 168 Å². The van der Waals surface area contributed by atoms with Gasteiger partial charge in [-0.1, -0.05) is 37.5 Å². The maximum Gasteiger partial charge on any atom is 0.223 e. The molecule has 0 saturated heterocycles. The predicted molar refractivity (Wildman–Crippen MR) is 112 cm³/mol. The van der Waals surface area contributed by atoms with Gasteiger partial charge in [-0.15, -0.1) is 0 Å². The summed E-state index contributed by atoms with van der Waals surface area (Å²) in [4.78, 5) is 14.9. The average Bonchev–Trinajstić information content (AvgIpc) is 3.02. The summed E-state index contributed by atoms with van der Waals surface area (Å²) in [5.74, 6) is 1.19. The van der Waals surface area contributed by atoms with Crippen LogP contribution in [0.4, 0.5) is 0 Å². The topological polar surface area (TPSA) is 47.4 Å². The SMILES string of the molecule is Cc1nn(C)cc1CCC(=O)N1CCCCCCCc2ccccc2OCC1. The van der Waals surface area contributed by atoms with E-state index in [-0.39, 0.29) is 5.91 Å². The number of hydrogen-bond donors (Lipinski definition) is 0. The van der Waals surface area contributed by atoms with Crippen molar-refractivity contribution in [3.05, 3.63) is 47.3 Å². The van der Waals surface area contributed by atoms with Crippen LogP contribution in [0.5, 0.6) is 5.75 Å². The number of benzene rings is 1. The summed E-state index contributed by atoms with van der Waals surface area (Å²) in [5, 5.41) is 4.37. The van der Waals surface area contributed by atoms with Crippen molar-refractivity contribution >= 4 is 5.91 Å². The van der Waals surface area contributed by atoms with E-state index < -0.39 is 0 Å². The Hall–Kier alpha value is -2.30. The standard InChI is InChI=1S/C23H33N3O2/c1-19-21(18-25(2)24-19)13-14-23(27)26-15-9-5-3-4-6-10-20-11-7-8-12-22(20)28-17-16-26/h7-8,11-12,18H,3-6,9-10,13-17H2,1-2H3. The second kappa shape index (κ2) is 10.3. The van der Waals surface area contributed by atoms with Crippen LogP contribution in [-0.4, -0.2) is 40.3 Å². The maximum absolute atomic E-state index is 12.9. The minimum atomic E-state index is 0.218. The van der Waals surface area contributed by atoms with Crippen molar-refractivity contribution in [2.45, 2.75) is 58.3 Å². The van der Waals surface area contributed by atoms with Gasteiger partial charge in [0.05, 0.1) is 12.2 Å². The van der Waals surface area contributed by atoms with E-state index in [0.29, 0.717) is 19.6 Å². The third-order valence-electron chi connectivity index (χ3n) is 5.54. The highest BCUT2D eigenvalue weighted by Gasteiger charge is 2.15. The molecule has 152 valence electrons. The van der Waals surface area contributed by atoms with Gasteiger partial charge in [-0.25, -0.2) is 0 Å². The number of fused-ring (bicyclic) bond motifs is 1. The summed E-state index contributed by atoms with van der Waals surface area (Å²) in [6.07, 6.45) is 10.3. The Morgan fingerprint density at radius 3 is 2.71 bits per heavy atom. The number of amides is 1. The molecule has 2 aromatic rings. The van der Waals surface area contributed by atoms with Gasteiger partial charge < -0.3 is 9.64 Å². The lowest BCUT2D eigenvalue weighted by Crippen LogP contribution is -2.35. The Morgan fingerprint density at radius 2 is 1.89 bits per heavy atom. The maximum atomic E-state index is 12.9. The van der Waals surface area contributed by atoms with E-state index in [9.17, 15) is 4.79 Å². The van der Waals surface area contributed by atoms with Crippen LogP contribution >= 0.6 is 0 Å². The summed E-state index contributed by atoms with van der Waals surface area (Å²) in [6.45, 7) is 4.04. The van der Waals surface area contributed by atoms with Crippen LogP contribution in [0.1, 0.15) is 55.3 Å². The molecule has 0 bridgehead atoms. The summed E-state index contributed by atoms with van der Waals surface area (Å²) in [6, 6.07) is 8.31. The zero-order chi connectivity index (χ0) is 19.8. The first-order valence-corrected chi connectivity index (χ1v) is 10.6. The average molecular weight is 384 g/mol. The zero-order valence-electron chi connectivity index (χ0n) is 17.3. The lowest BCUT2D eigenvalue weighted by Gasteiger charge is -2.23. The van der Waals surface area contributed by atoms with Crippen LogP contribution < -0.4 is 4.74 Å². The van der Waals surface area contributed by atoms with Crippen LogP contribution in [0.25, 0.3) is 0 Å². The lowest BCUT2D eigenvalue weighted by atomic mass is 10.0. The van der Waals surface area contributed by atoms with Gasteiger partial charge in [-0.05, 0) is 49.8 Å². The van der Waals surface area contributed by atoms with Crippen LogP contribution in [0.3, 0.4) is 0 Å². The first kappa shape index (κ1) is 20.4. The number of ether oxygens (including phenoxy) is 1. The van der Waals surface area contributed by atoms with E-state index >= 15 is 0 Å². The Bertz CT molecular complexity index is 769. The zero-order valence-corrected chi connectivity index (χ0v) is 17.3. The van der Waals surface area contributed by atoms with Crippen molar-refractivity contribution in [2.75, 3.05) is 19.7 Å². The van der Waals surface area contributed by atoms with E-state index in [2.05, 4.69) is 17.2 Å². The molecule has 1 aliphatic rings. The van der Waals surface area contributed by atoms with Crippen molar-refractivity contribution in [3.8, 4) is 5.75 Å². The number of aryl methyl sites for hydroxylation is 4. The van der Waals surface area contributed by atoms with Gasteiger partial charge in [0, 0.05) is 26.2 Å². The Morgan fingerprint density at radius 1 is 1.11 bits per heavy atom. The van der Waals surface area contributed by atoms with Crippen molar-refractivity contribution in [3.63, 3.8) is 0 Å². The third-order valence-corrected chi connectivity index (χ3v) is 5.54. The molecule has 0 aliphatic carbocycles. The number of nitrogens with zero attached hydrogens (tertiary/aromatic N) is 3. The molecule has 2 heterocycles. The molecule has 28 heavy (non-hydrogen) atoms. The first-order valence-electron chi connectivity index (χ1n) is 10.6. The minimum absolute atomic E-state index is 0.218. The quantitative estimate of drug-likeness (QED) is 0.802. The fourth-order valence-electron chi connectivity index (χ4n) is 3.92. The third kappa shape index (κ3) is 5.85. The predicted octanol–water partition coefficient (Wildman–Crippen LogP) is 4.08. The number of aromatic nitrogens is 2. The number of rotatable bonds is 3. The van der Waals surface area contributed by atoms with Gasteiger partial charge in [-0.2, -0.15) is 5.10 Å². The normalized spacial score (nSPS) is 16.3. The van der Waals surface area contributed by atoms with E-state index in [1.165, 1.54) is 31.2 Å². The molecule has 0 spiro atoms. The van der Waals surface area contributed by atoms with Crippen LogP contribution in [0, 0.1) is 6.92 Å². The fourth-order valence-corrected chi connectivity index (χ4v) is 3.92. The van der Waals surface area contributed by atoms with Crippen LogP contribution in [0.15, 0.2) is 30.5 Å². The highest BCUT2D eigenvalue weighted by Crippen LogP contribution is 2.21.